The van der Waals surface area contributed by atoms with Gasteiger partial charge in [-0.15, -0.1) is 0 Å². The third kappa shape index (κ3) is 6.20. The summed E-state index contributed by atoms with van der Waals surface area (Å²) in [6.45, 7) is 0.948. The number of carbonyl (C=O) groups excluding carboxylic acids is 1. The number of carboxylic acids is 1. The summed E-state index contributed by atoms with van der Waals surface area (Å²) in [5, 5.41) is 8.80. The summed E-state index contributed by atoms with van der Waals surface area (Å²) in [6, 6.07) is 15.4. The summed E-state index contributed by atoms with van der Waals surface area (Å²) in [7, 11) is 0. The van der Waals surface area contributed by atoms with Gasteiger partial charge >= 0.3 is 5.97 Å². The topological polar surface area (TPSA) is 70.5 Å². The summed E-state index contributed by atoms with van der Waals surface area (Å²) < 4.78 is 0. The van der Waals surface area contributed by atoms with Crippen LogP contribution in [0.15, 0.2) is 54.7 Å². The van der Waals surface area contributed by atoms with Gasteiger partial charge in [0.15, 0.2) is 0 Å². The Morgan fingerprint density at radius 1 is 1.00 bits per heavy atom. The second kappa shape index (κ2) is 9.45. The number of carbonyl (C=O) groups is 2. The van der Waals surface area contributed by atoms with Crippen molar-refractivity contribution in [3.63, 3.8) is 0 Å². The van der Waals surface area contributed by atoms with Crippen LogP contribution in [-0.2, 0) is 22.6 Å². The van der Waals surface area contributed by atoms with E-state index in [1.807, 2.05) is 48.5 Å². The highest BCUT2D eigenvalue weighted by molar-refractivity contribution is 5.76. The third-order valence-corrected chi connectivity index (χ3v) is 3.71. The van der Waals surface area contributed by atoms with Crippen LogP contribution in [-0.4, -0.2) is 33.4 Å². The van der Waals surface area contributed by atoms with Gasteiger partial charge in [0.2, 0.25) is 5.91 Å². The molecule has 0 fully saturated rings. The maximum atomic E-state index is 12.5. The molecule has 126 valence electrons. The van der Waals surface area contributed by atoms with E-state index in [0.29, 0.717) is 32.4 Å². The number of pyridine rings is 1. The van der Waals surface area contributed by atoms with E-state index in [4.69, 9.17) is 5.11 Å². The fraction of sp³-hybridized carbons (Fsp3) is 0.316. The molecule has 2 aromatic rings. The third-order valence-electron chi connectivity index (χ3n) is 3.71. The number of aromatic nitrogens is 1. The molecule has 0 spiro atoms. The number of amides is 1. The highest BCUT2D eigenvalue weighted by Crippen LogP contribution is 2.09. The van der Waals surface area contributed by atoms with Gasteiger partial charge in [-0.3, -0.25) is 14.6 Å². The van der Waals surface area contributed by atoms with E-state index < -0.39 is 5.97 Å². The lowest BCUT2D eigenvalue weighted by molar-refractivity contribution is -0.138. The monoisotopic (exact) mass is 326 g/mol. The summed E-state index contributed by atoms with van der Waals surface area (Å²) >= 11 is 0. The first-order valence-corrected chi connectivity index (χ1v) is 8.08. The Balaban J connectivity index is 1.94. The van der Waals surface area contributed by atoms with Crippen LogP contribution < -0.4 is 0 Å². The lowest BCUT2D eigenvalue weighted by atomic mass is 10.1. The average Bonchev–Trinajstić information content (AvgIpc) is 2.60. The van der Waals surface area contributed by atoms with E-state index >= 15 is 0 Å². The van der Waals surface area contributed by atoms with Crippen molar-refractivity contribution in [3.05, 3.63) is 66.0 Å². The van der Waals surface area contributed by atoms with Crippen molar-refractivity contribution in [2.24, 2.45) is 0 Å². The highest BCUT2D eigenvalue weighted by atomic mass is 16.4. The van der Waals surface area contributed by atoms with Gasteiger partial charge in [-0.1, -0.05) is 36.4 Å². The second-order valence-electron chi connectivity index (χ2n) is 5.62. The Morgan fingerprint density at radius 2 is 1.75 bits per heavy atom. The molecule has 0 aliphatic rings. The quantitative estimate of drug-likeness (QED) is 0.769. The molecule has 2 rings (SSSR count). The Hall–Kier alpha value is -2.69. The molecule has 0 saturated carbocycles. The molecule has 1 amide bonds. The van der Waals surface area contributed by atoms with Gasteiger partial charge in [-0.25, -0.2) is 0 Å². The van der Waals surface area contributed by atoms with Gasteiger partial charge in [0.25, 0.3) is 0 Å². The molecule has 0 unspecified atom stereocenters. The molecular weight excluding hydrogens is 304 g/mol. The molecule has 1 aromatic carbocycles. The van der Waals surface area contributed by atoms with E-state index in [-0.39, 0.29) is 12.3 Å². The Labute approximate surface area is 142 Å². The van der Waals surface area contributed by atoms with Crippen molar-refractivity contribution < 1.29 is 14.7 Å². The Bertz CT molecular complexity index is 644. The minimum atomic E-state index is -0.837. The van der Waals surface area contributed by atoms with Crippen LogP contribution in [0, 0.1) is 0 Å². The van der Waals surface area contributed by atoms with Gasteiger partial charge in [0.05, 0.1) is 0 Å². The molecule has 0 atom stereocenters. The molecule has 5 nitrogen and oxygen atoms in total. The molecule has 1 aromatic heterocycles. The molecule has 24 heavy (non-hydrogen) atoms. The van der Waals surface area contributed by atoms with Gasteiger partial charge in [0.1, 0.15) is 0 Å². The van der Waals surface area contributed by atoms with E-state index in [9.17, 15) is 9.59 Å². The van der Waals surface area contributed by atoms with Crippen LogP contribution in [0.3, 0.4) is 0 Å². The van der Waals surface area contributed by atoms with Crippen molar-refractivity contribution in [3.8, 4) is 0 Å². The maximum Gasteiger partial charge on any atom is 0.303 e. The predicted octanol–water partition coefficient (Wildman–Crippen LogP) is 2.91. The fourth-order valence-electron chi connectivity index (χ4n) is 2.46. The van der Waals surface area contributed by atoms with E-state index in [0.717, 1.165) is 11.3 Å². The summed E-state index contributed by atoms with van der Waals surface area (Å²) in [4.78, 5) is 29.2. The summed E-state index contributed by atoms with van der Waals surface area (Å²) in [6.07, 6.45) is 3.20. The normalized spacial score (nSPS) is 10.3. The van der Waals surface area contributed by atoms with E-state index in [2.05, 4.69) is 4.98 Å². The number of aliphatic carboxylic acids is 1. The molecule has 0 aliphatic heterocycles. The number of hydrogen-bond acceptors (Lipinski definition) is 3. The zero-order valence-corrected chi connectivity index (χ0v) is 13.6. The zero-order valence-electron chi connectivity index (χ0n) is 13.6. The van der Waals surface area contributed by atoms with Crippen LogP contribution >= 0.6 is 0 Å². The van der Waals surface area contributed by atoms with Crippen molar-refractivity contribution in [1.82, 2.24) is 9.88 Å². The molecule has 1 N–H and O–H groups in total. The zero-order chi connectivity index (χ0) is 17.2. The molecule has 0 saturated heterocycles. The van der Waals surface area contributed by atoms with Crippen molar-refractivity contribution in [2.45, 2.75) is 32.2 Å². The number of benzene rings is 1. The molecule has 0 aliphatic carbocycles. The Kier molecular flexibility index (Phi) is 6.95. The highest BCUT2D eigenvalue weighted by Gasteiger charge is 2.14. The molecular formula is C19H22N2O3. The van der Waals surface area contributed by atoms with Gasteiger partial charge in [-0.05, 0) is 30.5 Å². The van der Waals surface area contributed by atoms with Crippen molar-refractivity contribution in [1.29, 1.82) is 0 Å². The molecule has 5 heteroatoms. The van der Waals surface area contributed by atoms with Crippen molar-refractivity contribution in [2.75, 3.05) is 6.54 Å². The second-order valence-corrected chi connectivity index (χ2v) is 5.62. The molecule has 0 bridgehead atoms. The SMILES string of the molecule is O=C(O)CCCN(Cc1ccccc1)C(=O)CCc1ccccn1. The van der Waals surface area contributed by atoms with Crippen LogP contribution in [0.5, 0.6) is 0 Å². The van der Waals surface area contributed by atoms with E-state index in [1.165, 1.54) is 0 Å². The lowest BCUT2D eigenvalue weighted by Gasteiger charge is -2.22. The van der Waals surface area contributed by atoms with E-state index in [1.54, 1.807) is 11.1 Å². The first kappa shape index (κ1) is 17.7. The number of hydrogen-bond donors (Lipinski definition) is 1. The molecule has 1 heterocycles. The number of carboxylic acid groups (broad SMARTS) is 1. The van der Waals surface area contributed by atoms with Crippen LogP contribution in [0.2, 0.25) is 0 Å². The first-order valence-electron chi connectivity index (χ1n) is 8.08. The minimum absolute atomic E-state index is 0.0231. The maximum absolute atomic E-state index is 12.5. The average molecular weight is 326 g/mol. The lowest BCUT2D eigenvalue weighted by Crippen LogP contribution is -2.32. The van der Waals surface area contributed by atoms with Gasteiger partial charge < -0.3 is 10.0 Å². The smallest absolute Gasteiger partial charge is 0.303 e. The summed E-state index contributed by atoms with van der Waals surface area (Å²) in [5.74, 6) is -0.814. The predicted molar refractivity (Wildman–Crippen MR) is 91.3 cm³/mol. The Morgan fingerprint density at radius 3 is 2.42 bits per heavy atom. The first-order chi connectivity index (χ1) is 11.6. The fourth-order valence-corrected chi connectivity index (χ4v) is 2.46. The number of aryl methyl sites for hydroxylation is 1. The number of rotatable bonds is 9. The standard InChI is InChI=1S/C19H22N2O3/c22-18(12-11-17-9-4-5-13-20-17)21(14-6-10-19(23)24)15-16-7-2-1-3-8-16/h1-5,7-9,13H,6,10-12,14-15H2,(H,23,24). The van der Waals surface area contributed by atoms with Crippen LogP contribution in [0.25, 0.3) is 0 Å². The molecule has 0 radical (unpaired) electrons. The van der Waals surface area contributed by atoms with Gasteiger partial charge in [-0.2, -0.15) is 0 Å². The minimum Gasteiger partial charge on any atom is -0.481 e. The van der Waals surface area contributed by atoms with Crippen LogP contribution in [0.1, 0.15) is 30.5 Å². The van der Waals surface area contributed by atoms with Gasteiger partial charge in [0, 0.05) is 37.8 Å². The van der Waals surface area contributed by atoms with Crippen LogP contribution in [0.4, 0.5) is 0 Å². The number of nitrogens with zero attached hydrogens (tertiary/aromatic N) is 2. The summed E-state index contributed by atoms with van der Waals surface area (Å²) in [5.41, 5.74) is 1.93. The van der Waals surface area contributed by atoms with Crippen molar-refractivity contribution >= 4 is 11.9 Å². The largest absolute Gasteiger partial charge is 0.481 e.